The van der Waals surface area contributed by atoms with Gasteiger partial charge in [-0.1, -0.05) is 55.4 Å². The van der Waals surface area contributed by atoms with Crippen molar-refractivity contribution in [1.82, 2.24) is 4.90 Å². The van der Waals surface area contributed by atoms with Gasteiger partial charge in [0.2, 0.25) is 0 Å². The molecule has 0 heterocycles. The molecule has 2 N–H and O–H groups in total. The molecule has 0 aromatic heterocycles. The summed E-state index contributed by atoms with van der Waals surface area (Å²) >= 11 is 0. The minimum Gasteiger partial charge on any atom is -0.465 e. The highest BCUT2D eigenvalue weighted by atomic mass is 16.5. The Hall–Kier alpha value is -1.14. The van der Waals surface area contributed by atoms with Crippen LogP contribution in [0.3, 0.4) is 0 Å². The number of nitrogens with zero attached hydrogens (tertiary/aromatic N) is 1. The average Bonchev–Trinajstić information content (AvgIpc) is 2.54. The van der Waals surface area contributed by atoms with Crippen LogP contribution in [0.5, 0.6) is 0 Å². The topological polar surface area (TPSA) is 81.9 Å². The quantitative estimate of drug-likeness (QED) is 0.459. The number of hydrogen-bond donors (Lipinski definition) is 1. The Kier molecular flexibility index (Phi) is 12.0. The molecule has 29 heavy (non-hydrogen) atoms. The molecule has 0 fully saturated rings. The van der Waals surface area contributed by atoms with Crippen LogP contribution in [0.25, 0.3) is 0 Å². The van der Waals surface area contributed by atoms with Gasteiger partial charge in [0.15, 0.2) is 0 Å². The Bertz CT molecular complexity index is 490. The molecule has 0 rings (SSSR count). The van der Waals surface area contributed by atoms with Crippen LogP contribution in [0.4, 0.5) is 0 Å². The first kappa shape index (κ1) is 27.9. The molecule has 0 aliphatic rings. The van der Waals surface area contributed by atoms with Crippen LogP contribution in [0.1, 0.15) is 81.1 Å². The van der Waals surface area contributed by atoms with Gasteiger partial charge in [0, 0.05) is 13.1 Å². The molecule has 0 saturated carbocycles. The maximum Gasteiger partial charge on any atom is 0.307 e. The molecule has 172 valence electrons. The van der Waals surface area contributed by atoms with Gasteiger partial charge in [0.25, 0.3) is 0 Å². The lowest BCUT2D eigenvalue weighted by atomic mass is 9.77. The summed E-state index contributed by atoms with van der Waals surface area (Å²) in [4.78, 5) is 26.3. The van der Waals surface area contributed by atoms with Gasteiger partial charge >= 0.3 is 11.9 Å². The third-order valence-electron chi connectivity index (χ3n) is 4.24. The second-order valence-corrected chi connectivity index (χ2v) is 11.3. The zero-order valence-electron chi connectivity index (χ0n) is 20.2. The van der Waals surface area contributed by atoms with E-state index in [9.17, 15) is 9.59 Å². The van der Waals surface area contributed by atoms with Crippen molar-refractivity contribution in [3.8, 4) is 0 Å². The van der Waals surface area contributed by atoms with Crippen LogP contribution in [0.15, 0.2) is 0 Å². The van der Waals surface area contributed by atoms with Crippen molar-refractivity contribution in [2.24, 2.45) is 22.0 Å². The normalized spacial score (nSPS) is 12.9. The van der Waals surface area contributed by atoms with Crippen LogP contribution in [-0.4, -0.2) is 56.2 Å². The van der Waals surface area contributed by atoms with Gasteiger partial charge in [0.1, 0.15) is 0 Å². The molecule has 0 atom stereocenters. The van der Waals surface area contributed by atoms with Crippen LogP contribution >= 0.6 is 0 Å². The molecule has 0 unspecified atom stereocenters. The highest BCUT2D eigenvalue weighted by Crippen LogP contribution is 2.33. The highest BCUT2D eigenvalue weighted by molar-refractivity contribution is 5.70. The van der Waals surface area contributed by atoms with Crippen molar-refractivity contribution in [2.45, 2.75) is 81.1 Å². The van der Waals surface area contributed by atoms with Crippen molar-refractivity contribution < 1.29 is 19.1 Å². The number of hydrogen-bond acceptors (Lipinski definition) is 6. The first-order chi connectivity index (χ1) is 13.1. The van der Waals surface area contributed by atoms with Gasteiger partial charge < -0.3 is 20.1 Å². The summed E-state index contributed by atoms with van der Waals surface area (Å²) in [6.07, 6.45) is 2.43. The van der Waals surface area contributed by atoms with Crippen molar-refractivity contribution in [1.29, 1.82) is 0 Å². The Morgan fingerprint density at radius 3 is 1.66 bits per heavy atom. The molecule has 6 nitrogen and oxygen atoms in total. The molecule has 0 aliphatic carbocycles. The Balaban J connectivity index is 4.39. The smallest absolute Gasteiger partial charge is 0.307 e. The predicted octanol–water partition coefficient (Wildman–Crippen LogP) is 4.01. The number of carbonyl (C=O) groups is 2. The monoisotopic (exact) mass is 414 g/mol. The maximum absolute atomic E-state index is 12.2. The molecule has 0 radical (unpaired) electrons. The lowest BCUT2D eigenvalue weighted by Gasteiger charge is -2.32. The molecule has 0 aromatic carbocycles. The number of nitrogens with two attached hydrogens (primary N) is 1. The Morgan fingerprint density at radius 2 is 1.24 bits per heavy atom. The molecule has 0 bridgehead atoms. The zero-order valence-corrected chi connectivity index (χ0v) is 20.2. The van der Waals surface area contributed by atoms with E-state index < -0.39 is 0 Å². The average molecular weight is 415 g/mol. The zero-order chi connectivity index (χ0) is 22.7. The third-order valence-corrected chi connectivity index (χ3v) is 4.24. The Morgan fingerprint density at radius 1 is 0.759 bits per heavy atom. The van der Waals surface area contributed by atoms with E-state index in [1.807, 2.05) is 20.8 Å². The molecular weight excluding hydrogens is 368 g/mol. The molecule has 0 saturated heterocycles. The van der Waals surface area contributed by atoms with Crippen molar-refractivity contribution in [2.75, 3.05) is 39.4 Å². The van der Waals surface area contributed by atoms with Crippen molar-refractivity contribution in [3.63, 3.8) is 0 Å². The largest absolute Gasteiger partial charge is 0.465 e. The third kappa shape index (κ3) is 17.4. The fraction of sp³-hybridized carbons (Fsp3) is 0.913. The molecular formula is C23H46N2O4. The van der Waals surface area contributed by atoms with Crippen molar-refractivity contribution in [3.05, 3.63) is 0 Å². The fourth-order valence-electron chi connectivity index (χ4n) is 3.35. The standard InChI is InChI=1S/C23H46N2O4/c1-21(2,3)16-23(7,8)18-29-20(27)11-15-25(13-9-12-24)14-10-19(26)28-17-22(4,5)6/h9-18,24H2,1-8H3. The van der Waals surface area contributed by atoms with E-state index >= 15 is 0 Å². The maximum atomic E-state index is 12.2. The van der Waals surface area contributed by atoms with Gasteiger partial charge in [0.05, 0.1) is 26.1 Å². The first-order valence-corrected chi connectivity index (χ1v) is 10.9. The number of esters is 2. The SMILES string of the molecule is CC(C)(C)COC(=O)CCN(CCCN)CCC(=O)OCC(C)(C)CC(C)(C)C. The van der Waals surface area contributed by atoms with Crippen LogP contribution in [0.2, 0.25) is 0 Å². The number of carbonyl (C=O) groups excluding carboxylic acids is 2. The minimum atomic E-state index is -0.204. The van der Waals surface area contributed by atoms with Gasteiger partial charge in [-0.25, -0.2) is 0 Å². The molecule has 0 spiro atoms. The van der Waals surface area contributed by atoms with Gasteiger partial charge in [-0.15, -0.1) is 0 Å². The number of rotatable bonds is 13. The van der Waals surface area contributed by atoms with E-state index in [0.717, 1.165) is 19.4 Å². The summed E-state index contributed by atoms with van der Waals surface area (Å²) in [6.45, 7) is 20.2. The highest BCUT2D eigenvalue weighted by Gasteiger charge is 2.27. The van der Waals surface area contributed by atoms with E-state index in [4.69, 9.17) is 15.2 Å². The summed E-state index contributed by atoms with van der Waals surface area (Å²) < 4.78 is 10.8. The summed E-state index contributed by atoms with van der Waals surface area (Å²) in [5.74, 6) is -0.399. The first-order valence-electron chi connectivity index (χ1n) is 10.9. The molecule has 0 amide bonds. The van der Waals surface area contributed by atoms with Gasteiger partial charge in [-0.05, 0) is 42.2 Å². The van der Waals surface area contributed by atoms with Gasteiger partial charge in [-0.3, -0.25) is 9.59 Å². The van der Waals surface area contributed by atoms with E-state index in [1.54, 1.807) is 0 Å². The number of ether oxygens (including phenoxy) is 2. The molecule has 0 aliphatic heterocycles. The van der Waals surface area contributed by atoms with E-state index in [-0.39, 0.29) is 28.2 Å². The van der Waals surface area contributed by atoms with E-state index in [2.05, 4.69) is 39.5 Å². The second-order valence-electron chi connectivity index (χ2n) is 11.3. The van der Waals surface area contributed by atoms with Gasteiger partial charge in [-0.2, -0.15) is 0 Å². The summed E-state index contributed by atoms with van der Waals surface area (Å²) in [5, 5.41) is 0. The lowest BCUT2D eigenvalue weighted by molar-refractivity contribution is -0.147. The van der Waals surface area contributed by atoms with Crippen LogP contribution in [-0.2, 0) is 19.1 Å². The predicted molar refractivity (Wildman–Crippen MR) is 119 cm³/mol. The minimum absolute atomic E-state index is 0.0422. The second kappa shape index (κ2) is 12.5. The van der Waals surface area contributed by atoms with E-state index in [0.29, 0.717) is 45.7 Å². The van der Waals surface area contributed by atoms with Crippen LogP contribution < -0.4 is 5.73 Å². The summed E-state index contributed by atoms with van der Waals surface area (Å²) in [5.41, 5.74) is 5.72. The summed E-state index contributed by atoms with van der Waals surface area (Å²) in [7, 11) is 0. The lowest BCUT2D eigenvalue weighted by Crippen LogP contribution is -2.33. The summed E-state index contributed by atoms with van der Waals surface area (Å²) in [6, 6.07) is 0. The van der Waals surface area contributed by atoms with Crippen molar-refractivity contribution >= 4 is 11.9 Å². The molecule has 6 heteroatoms. The molecule has 0 aromatic rings. The Labute approximate surface area is 178 Å². The fourth-order valence-corrected chi connectivity index (χ4v) is 3.35. The van der Waals surface area contributed by atoms with E-state index in [1.165, 1.54) is 0 Å². The van der Waals surface area contributed by atoms with Crippen LogP contribution in [0, 0.1) is 16.2 Å².